The lowest BCUT2D eigenvalue weighted by Crippen LogP contribution is -2.44. The zero-order valence-electron chi connectivity index (χ0n) is 14.5. The van der Waals surface area contributed by atoms with Crippen LogP contribution in [-0.4, -0.2) is 38.2 Å². The molecule has 2 aromatic carbocycles. The van der Waals surface area contributed by atoms with E-state index in [1.807, 2.05) is 12.1 Å². The number of methoxy groups -OCH3 is 1. The topological polar surface area (TPSA) is 24.5 Å². The summed E-state index contributed by atoms with van der Waals surface area (Å²) in [5.74, 6) is 0.935. The predicted molar refractivity (Wildman–Crippen MR) is 108 cm³/mol. The van der Waals surface area contributed by atoms with Gasteiger partial charge in [-0.25, -0.2) is 0 Å². The van der Waals surface area contributed by atoms with E-state index in [1.165, 1.54) is 16.7 Å². The molecule has 5 heteroatoms. The van der Waals surface area contributed by atoms with Crippen LogP contribution in [0.5, 0.6) is 5.75 Å². The van der Waals surface area contributed by atoms with Gasteiger partial charge in [-0.15, -0.1) is 11.6 Å². The van der Waals surface area contributed by atoms with Gasteiger partial charge in [0, 0.05) is 30.7 Å². The monoisotopic (exact) mass is 422 g/mol. The molecule has 0 saturated carbocycles. The molecule has 0 bridgehead atoms. The van der Waals surface area contributed by atoms with Gasteiger partial charge in [0.2, 0.25) is 0 Å². The Morgan fingerprint density at radius 1 is 1.12 bits per heavy atom. The molecule has 0 spiro atoms. The maximum absolute atomic E-state index is 6.82. The second-order valence-corrected chi connectivity index (χ2v) is 7.61. The van der Waals surface area contributed by atoms with Crippen LogP contribution in [0, 0.1) is 0 Å². The second kappa shape index (κ2) is 9.04. The Morgan fingerprint density at radius 2 is 1.84 bits per heavy atom. The summed E-state index contributed by atoms with van der Waals surface area (Å²) < 4.78 is 6.58. The van der Waals surface area contributed by atoms with Gasteiger partial charge in [0.25, 0.3) is 0 Å². The van der Waals surface area contributed by atoms with Gasteiger partial charge in [-0.1, -0.05) is 40.2 Å². The molecule has 3 rings (SSSR count). The first-order valence-corrected chi connectivity index (χ1v) is 9.91. The van der Waals surface area contributed by atoms with Crippen LogP contribution in [0.25, 0.3) is 0 Å². The lowest BCUT2D eigenvalue weighted by Gasteiger charge is -2.32. The molecule has 1 fully saturated rings. The van der Waals surface area contributed by atoms with Crippen molar-refractivity contribution >= 4 is 27.5 Å². The highest BCUT2D eigenvalue weighted by Crippen LogP contribution is 2.30. The van der Waals surface area contributed by atoms with Crippen molar-refractivity contribution in [2.45, 2.75) is 18.3 Å². The Kier molecular flexibility index (Phi) is 6.77. The third-order valence-electron chi connectivity index (χ3n) is 4.69. The SMILES string of the molecule is COc1ccc(Br)cc1CCc1ccccc1C(Cl)N1CCNCC1. The average molecular weight is 424 g/mol. The maximum atomic E-state index is 6.82. The minimum atomic E-state index is -0.0669. The lowest BCUT2D eigenvalue weighted by molar-refractivity contribution is 0.222. The van der Waals surface area contributed by atoms with Crippen LogP contribution in [0.4, 0.5) is 0 Å². The van der Waals surface area contributed by atoms with Crippen molar-refractivity contribution in [3.8, 4) is 5.75 Å². The zero-order valence-corrected chi connectivity index (χ0v) is 16.8. The third-order valence-corrected chi connectivity index (χ3v) is 5.69. The minimum absolute atomic E-state index is 0.0669. The van der Waals surface area contributed by atoms with Gasteiger partial charge in [0.15, 0.2) is 0 Å². The summed E-state index contributed by atoms with van der Waals surface area (Å²) in [7, 11) is 1.72. The lowest BCUT2D eigenvalue weighted by atomic mass is 9.98. The molecule has 3 nitrogen and oxygen atoms in total. The number of hydrogen-bond acceptors (Lipinski definition) is 3. The van der Waals surface area contributed by atoms with Crippen molar-refractivity contribution in [2.24, 2.45) is 0 Å². The number of benzene rings is 2. The highest BCUT2D eigenvalue weighted by molar-refractivity contribution is 9.10. The van der Waals surface area contributed by atoms with E-state index in [4.69, 9.17) is 16.3 Å². The fourth-order valence-electron chi connectivity index (χ4n) is 3.31. The van der Waals surface area contributed by atoms with E-state index < -0.39 is 0 Å². The molecule has 1 N–H and O–H groups in total. The summed E-state index contributed by atoms with van der Waals surface area (Å²) in [6.07, 6.45) is 1.86. The number of ether oxygens (including phenoxy) is 1. The molecule has 0 radical (unpaired) electrons. The van der Waals surface area contributed by atoms with Crippen molar-refractivity contribution in [3.05, 3.63) is 63.6 Å². The van der Waals surface area contributed by atoms with Gasteiger partial charge in [-0.2, -0.15) is 0 Å². The van der Waals surface area contributed by atoms with E-state index in [2.05, 4.69) is 56.5 Å². The van der Waals surface area contributed by atoms with E-state index in [0.29, 0.717) is 0 Å². The van der Waals surface area contributed by atoms with Gasteiger partial charge in [0.1, 0.15) is 11.3 Å². The molecule has 1 saturated heterocycles. The number of nitrogens with one attached hydrogen (secondary N) is 1. The number of nitrogens with zero attached hydrogens (tertiary/aromatic N) is 1. The Balaban J connectivity index is 1.76. The molecule has 1 aliphatic rings. The fraction of sp³-hybridized carbons (Fsp3) is 0.400. The quantitative estimate of drug-likeness (QED) is 0.551. The van der Waals surface area contributed by atoms with Gasteiger partial charge in [0.05, 0.1) is 7.11 Å². The maximum Gasteiger partial charge on any atom is 0.122 e. The summed E-state index contributed by atoms with van der Waals surface area (Å²) in [6, 6.07) is 14.7. The highest BCUT2D eigenvalue weighted by atomic mass is 79.9. The van der Waals surface area contributed by atoms with Crippen LogP contribution in [0.3, 0.4) is 0 Å². The van der Waals surface area contributed by atoms with Crippen LogP contribution >= 0.6 is 27.5 Å². The summed E-state index contributed by atoms with van der Waals surface area (Å²) in [6.45, 7) is 3.98. The molecule has 25 heavy (non-hydrogen) atoms. The van der Waals surface area contributed by atoms with Gasteiger partial charge >= 0.3 is 0 Å². The van der Waals surface area contributed by atoms with Crippen molar-refractivity contribution in [3.63, 3.8) is 0 Å². The third kappa shape index (κ3) is 4.76. The second-order valence-electron chi connectivity index (χ2n) is 6.28. The molecule has 0 aromatic heterocycles. The minimum Gasteiger partial charge on any atom is -0.496 e. The van der Waals surface area contributed by atoms with Gasteiger partial charge in [-0.3, -0.25) is 4.90 Å². The first kappa shape index (κ1) is 18.7. The van der Waals surface area contributed by atoms with E-state index in [9.17, 15) is 0 Å². The van der Waals surface area contributed by atoms with Gasteiger partial charge < -0.3 is 10.1 Å². The van der Waals surface area contributed by atoms with Crippen molar-refractivity contribution < 1.29 is 4.74 Å². The van der Waals surface area contributed by atoms with Crippen LogP contribution < -0.4 is 10.1 Å². The average Bonchev–Trinajstić information content (AvgIpc) is 2.67. The first-order chi connectivity index (χ1) is 12.2. The molecular formula is C20H24BrClN2O. The molecule has 134 valence electrons. The van der Waals surface area contributed by atoms with E-state index in [1.54, 1.807) is 7.11 Å². The molecule has 1 unspecified atom stereocenters. The number of halogens is 2. The van der Waals surface area contributed by atoms with Crippen LogP contribution in [0.2, 0.25) is 0 Å². The number of hydrogen-bond donors (Lipinski definition) is 1. The van der Waals surface area contributed by atoms with Crippen molar-refractivity contribution in [2.75, 3.05) is 33.3 Å². The Bertz CT molecular complexity index is 704. The highest BCUT2D eigenvalue weighted by Gasteiger charge is 2.21. The summed E-state index contributed by atoms with van der Waals surface area (Å²) >= 11 is 10.4. The van der Waals surface area contributed by atoms with Crippen LogP contribution in [-0.2, 0) is 12.8 Å². The zero-order chi connectivity index (χ0) is 17.6. The van der Waals surface area contributed by atoms with Crippen LogP contribution in [0.15, 0.2) is 46.9 Å². The van der Waals surface area contributed by atoms with Crippen LogP contribution in [0.1, 0.15) is 22.2 Å². The standard InChI is InChI=1S/C20H24BrClN2O/c1-25-19-9-8-17(21)14-16(19)7-6-15-4-2-3-5-18(15)20(22)24-12-10-23-11-13-24/h2-5,8-9,14,20,23H,6-7,10-13H2,1H3. The molecule has 1 atom stereocenters. The van der Waals surface area contributed by atoms with E-state index in [-0.39, 0.29) is 5.50 Å². The number of piperazine rings is 1. The normalized spacial score (nSPS) is 16.6. The van der Waals surface area contributed by atoms with E-state index in [0.717, 1.165) is 49.2 Å². The number of alkyl halides is 1. The Labute approximate surface area is 163 Å². The fourth-order valence-corrected chi connectivity index (χ4v) is 4.13. The van der Waals surface area contributed by atoms with E-state index >= 15 is 0 Å². The Hall–Kier alpha value is -1.07. The molecule has 0 amide bonds. The molecule has 1 heterocycles. The largest absolute Gasteiger partial charge is 0.496 e. The summed E-state index contributed by atoms with van der Waals surface area (Å²) in [5, 5.41) is 3.38. The molecular weight excluding hydrogens is 400 g/mol. The molecule has 2 aromatic rings. The summed E-state index contributed by atoms with van der Waals surface area (Å²) in [4.78, 5) is 2.34. The summed E-state index contributed by atoms with van der Waals surface area (Å²) in [5.41, 5.74) is 3.67. The molecule has 0 aliphatic carbocycles. The number of rotatable bonds is 6. The van der Waals surface area contributed by atoms with Crippen molar-refractivity contribution in [1.29, 1.82) is 0 Å². The number of aryl methyl sites for hydroxylation is 2. The predicted octanol–water partition coefficient (Wildman–Crippen LogP) is 4.39. The van der Waals surface area contributed by atoms with Gasteiger partial charge in [-0.05, 0) is 47.7 Å². The smallest absolute Gasteiger partial charge is 0.122 e. The van der Waals surface area contributed by atoms with Crippen molar-refractivity contribution in [1.82, 2.24) is 10.2 Å². The Morgan fingerprint density at radius 3 is 2.60 bits per heavy atom. The molecule has 1 aliphatic heterocycles. The first-order valence-electron chi connectivity index (χ1n) is 8.68.